The van der Waals surface area contributed by atoms with Crippen molar-refractivity contribution in [2.45, 2.75) is 160 Å². The molecule has 0 saturated carbocycles. The molecule has 0 amide bonds. The van der Waals surface area contributed by atoms with Gasteiger partial charge in [0.2, 0.25) is 0 Å². The quantitative estimate of drug-likeness (QED) is 0.115. The van der Waals surface area contributed by atoms with Crippen molar-refractivity contribution in [3.63, 3.8) is 0 Å². The fourth-order valence-electron chi connectivity index (χ4n) is 5.41. The van der Waals surface area contributed by atoms with Gasteiger partial charge in [-0.3, -0.25) is 4.57 Å². The van der Waals surface area contributed by atoms with E-state index >= 15 is 0 Å². The van der Waals surface area contributed by atoms with E-state index in [1.54, 1.807) is 6.07 Å². The third-order valence-electron chi connectivity index (χ3n) is 7.96. The van der Waals surface area contributed by atoms with E-state index in [-0.39, 0.29) is 0 Å². The maximum Gasteiger partial charge on any atom is 0.351 e. The first-order valence-corrected chi connectivity index (χ1v) is 16.0. The lowest BCUT2D eigenvalue weighted by Crippen LogP contribution is -2.36. The summed E-state index contributed by atoms with van der Waals surface area (Å²) in [6.07, 6.45) is 24.2. The van der Waals surface area contributed by atoms with Crippen molar-refractivity contribution >= 4 is 5.82 Å². The molecule has 0 unspecified atom stereocenters. The van der Waals surface area contributed by atoms with Crippen molar-refractivity contribution < 1.29 is 20.1 Å². The van der Waals surface area contributed by atoms with Crippen LogP contribution in [-0.2, 0) is 4.74 Å². The Morgan fingerprint density at radius 3 is 1.64 bits per heavy atom. The topological polar surface area (TPSA) is 117 Å². The predicted molar refractivity (Wildman–Crippen MR) is 158 cm³/mol. The van der Waals surface area contributed by atoms with Gasteiger partial charge in [0.15, 0.2) is 6.23 Å². The molecule has 1 saturated heterocycles. The normalized spacial score (nSPS) is 21.0. The fourth-order valence-corrected chi connectivity index (χ4v) is 5.41. The SMILES string of the molecule is CCCCCCCCCCCCCCCCCCCCCCNc1ccn([C@@H]2O[C@H](CO)[C@@H](O)[C@@H]2O)c(=O)n1. The average molecular weight is 552 g/mol. The first-order valence-electron chi connectivity index (χ1n) is 16.0. The number of unbranched alkanes of at least 4 members (excludes halogenated alkanes) is 19. The van der Waals surface area contributed by atoms with E-state index < -0.39 is 36.8 Å². The van der Waals surface area contributed by atoms with E-state index in [2.05, 4.69) is 17.2 Å². The standard InChI is InChI=1S/C31H57N3O5/c1-2-3-4-5-6-7-8-9-10-11-12-13-14-15-16-17-18-19-20-21-23-32-27-22-24-34(31(38)33-27)30-29(37)28(36)26(25-35)39-30/h22,24,26,28-30,35-37H,2-21,23,25H2,1H3,(H,32,33,38)/t26-,28-,29+,30-/m1/s1. The van der Waals surface area contributed by atoms with Crippen LogP contribution in [0.25, 0.3) is 0 Å². The van der Waals surface area contributed by atoms with Crippen LogP contribution < -0.4 is 11.0 Å². The molecule has 4 atom stereocenters. The van der Waals surface area contributed by atoms with Gasteiger partial charge in [0.1, 0.15) is 24.1 Å². The molecule has 39 heavy (non-hydrogen) atoms. The lowest BCUT2D eigenvalue weighted by molar-refractivity contribution is -0.0549. The van der Waals surface area contributed by atoms with Crippen LogP contribution in [0.1, 0.15) is 142 Å². The van der Waals surface area contributed by atoms with E-state index in [9.17, 15) is 20.1 Å². The highest BCUT2D eigenvalue weighted by molar-refractivity contribution is 5.31. The molecule has 8 nitrogen and oxygen atoms in total. The highest BCUT2D eigenvalue weighted by atomic mass is 16.6. The first-order chi connectivity index (χ1) is 19.1. The van der Waals surface area contributed by atoms with Gasteiger partial charge in [-0.05, 0) is 12.5 Å². The second-order valence-corrected chi connectivity index (χ2v) is 11.4. The molecule has 0 radical (unpaired) electrons. The van der Waals surface area contributed by atoms with Crippen LogP contribution in [0.15, 0.2) is 17.1 Å². The largest absolute Gasteiger partial charge is 0.394 e. The van der Waals surface area contributed by atoms with E-state index in [1.165, 1.54) is 122 Å². The molecule has 0 aliphatic carbocycles. The maximum absolute atomic E-state index is 12.4. The summed E-state index contributed by atoms with van der Waals surface area (Å²) in [5.74, 6) is 0.487. The number of aliphatic hydroxyl groups is 3. The van der Waals surface area contributed by atoms with Crippen molar-refractivity contribution in [3.8, 4) is 0 Å². The van der Waals surface area contributed by atoms with Crippen molar-refractivity contribution in [1.82, 2.24) is 9.55 Å². The van der Waals surface area contributed by atoms with Crippen LogP contribution in [0.4, 0.5) is 5.82 Å². The van der Waals surface area contributed by atoms with Crippen molar-refractivity contribution in [3.05, 3.63) is 22.7 Å². The number of hydrogen-bond donors (Lipinski definition) is 4. The van der Waals surface area contributed by atoms with Crippen LogP contribution in [0.3, 0.4) is 0 Å². The Kier molecular flexibility index (Phi) is 18.4. The van der Waals surface area contributed by atoms with Crippen LogP contribution in [0.2, 0.25) is 0 Å². The summed E-state index contributed by atoms with van der Waals surface area (Å²) >= 11 is 0. The number of aliphatic hydroxyl groups excluding tert-OH is 3. The molecule has 4 N–H and O–H groups in total. The highest BCUT2D eigenvalue weighted by Gasteiger charge is 2.43. The maximum atomic E-state index is 12.4. The number of aromatic nitrogens is 2. The summed E-state index contributed by atoms with van der Waals surface area (Å²) < 4.78 is 6.55. The number of hydrogen-bond acceptors (Lipinski definition) is 7. The van der Waals surface area contributed by atoms with E-state index in [4.69, 9.17) is 4.74 Å². The zero-order chi connectivity index (χ0) is 28.1. The molecule has 2 rings (SSSR count). The zero-order valence-electron chi connectivity index (χ0n) is 24.6. The molecule has 0 spiro atoms. The molecule has 0 aromatic carbocycles. The fraction of sp³-hybridized carbons (Fsp3) is 0.871. The Morgan fingerprint density at radius 1 is 0.769 bits per heavy atom. The molecular formula is C31H57N3O5. The number of anilines is 1. The molecule has 1 aliphatic heterocycles. The Morgan fingerprint density at radius 2 is 1.23 bits per heavy atom. The Hall–Kier alpha value is -1.48. The van der Waals surface area contributed by atoms with E-state index in [0.717, 1.165) is 24.0 Å². The van der Waals surface area contributed by atoms with Gasteiger partial charge in [-0.15, -0.1) is 0 Å². The Labute approximate surface area is 236 Å². The Bertz CT molecular complexity index is 790. The molecular weight excluding hydrogens is 494 g/mol. The first kappa shape index (κ1) is 33.7. The smallest absolute Gasteiger partial charge is 0.351 e. The summed E-state index contributed by atoms with van der Waals surface area (Å²) in [6, 6.07) is 1.66. The summed E-state index contributed by atoms with van der Waals surface area (Å²) in [4.78, 5) is 16.4. The molecule has 0 bridgehead atoms. The third-order valence-corrected chi connectivity index (χ3v) is 7.96. The zero-order valence-corrected chi connectivity index (χ0v) is 24.6. The van der Waals surface area contributed by atoms with E-state index in [0.29, 0.717) is 5.82 Å². The summed E-state index contributed by atoms with van der Waals surface area (Å²) in [5, 5.41) is 32.4. The van der Waals surface area contributed by atoms with Gasteiger partial charge < -0.3 is 25.4 Å². The van der Waals surface area contributed by atoms with Gasteiger partial charge in [-0.1, -0.05) is 129 Å². The molecule has 226 valence electrons. The summed E-state index contributed by atoms with van der Waals surface area (Å²) in [6.45, 7) is 2.60. The van der Waals surface area contributed by atoms with Crippen LogP contribution in [0, 0.1) is 0 Å². The van der Waals surface area contributed by atoms with Crippen LogP contribution >= 0.6 is 0 Å². The summed E-state index contributed by atoms with van der Waals surface area (Å²) in [7, 11) is 0. The highest BCUT2D eigenvalue weighted by Crippen LogP contribution is 2.28. The van der Waals surface area contributed by atoms with Gasteiger partial charge in [0, 0.05) is 12.7 Å². The minimum Gasteiger partial charge on any atom is -0.394 e. The van der Waals surface area contributed by atoms with Gasteiger partial charge in [0.05, 0.1) is 6.61 Å². The van der Waals surface area contributed by atoms with Crippen LogP contribution in [-0.4, -0.2) is 56.3 Å². The number of ether oxygens (including phenoxy) is 1. The van der Waals surface area contributed by atoms with Crippen molar-refractivity contribution in [1.29, 1.82) is 0 Å². The van der Waals surface area contributed by atoms with Gasteiger partial charge >= 0.3 is 5.69 Å². The minimum atomic E-state index is -1.30. The number of nitrogens with one attached hydrogen (secondary N) is 1. The Balaban J connectivity index is 1.37. The lowest BCUT2D eigenvalue weighted by Gasteiger charge is -2.17. The molecule has 1 aromatic heterocycles. The second-order valence-electron chi connectivity index (χ2n) is 11.4. The predicted octanol–water partition coefficient (Wildman–Crippen LogP) is 6.09. The molecule has 8 heteroatoms. The monoisotopic (exact) mass is 551 g/mol. The van der Waals surface area contributed by atoms with Gasteiger partial charge in [-0.25, -0.2) is 4.79 Å². The van der Waals surface area contributed by atoms with E-state index in [1.807, 2.05) is 0 Å². The third kappa shape index (κ3) is 13.6. The van der Waals surface area contributed by atoms with Crippen molar-refractivity contribution in [2.75, 3.05) is 18.5 Å². The van der Waals surface area contributed by atoms with Crippen molar-refractivity contribution in [2.24, 2.45) is 0 Å². The average Bonchev–Trinajstić information content (AvgIpc) is 3.22. The molecule has 1 fully saturated rings. The lowest BCUT2D eigenvalue weighted by atomic mass is 10.0. The van der Waals surface area contributed by atoms with Gasteiger partial charge in [-0.2, -0.15) is 4.98 Å². The van der Waals surface area contributed by atoms with Crippen LogP contribution in [0.5, 0.6) is 0 Å². The summed E-state index contributed by atoms with van der Waals surface area (Å²) in [5.41, 5.74) is -0.571. The molecule has 1 aliphatic rings. The van der Waals surface area contributed by atoms with Gasteiger partial charge in [0.25, 0.3) is 0 Å². The molecule has 1 aromatic rings. The second kappa shape index (κ2) is 21.3. The number of nitrogens with zero attached hydrogens (tertiary/aromatic N) is 2. The number of rotatable bonds is 24. The molecule has 2 heterocycles. The minimum absolute atomic E-state index is 0.435.